The Balaban J connectivity index is 1.19. The van der Waals surface area contributed by atoms with Crippen molar-refractivity contribution in [3.8, 4) is 11.4 Å². The van der Waals surface area contributed by atoms with Gasteiger partial charge in [0.25, 0.3) is 0 Å². The summed E-state index contributed by atoms with van der Waals surface area (Å²) in [5.74, 6) is 0.659. The molecule has 3 aromatic rings. The van der Waals surface area contributed by atoms with E-state index in [4.69, 9.17) is 4.74 Å². The van der Waals surface area contributed by atoms with Crippen LogP contribution in [0.3, 0.4) is 0 Å². The lowest BCUT2D eigenvalue weighted by Crippen LogP contribution is -2.43. The van der Waals surface area contributed by atoms with Crippen LogP contribution in [0.5, 0.6) is 0 Å². The number of rotatable bonds is 5. The lowest BCUT2D eigenvalue weighted by Gasteiger charge is -2.41. The fourth-order valence-electron chi connectivity index (χ4n) is 4.34. The van der Waals surface area contributed by atoms with E-state index in [0.29, 0.717) is 12.4 Å². The average molecular weight is 436 g/mol. The fraction of sp³-hybridized carbons (Fsp3) is 0.391. The van der Waals surface area contributed by atoms with Gasteiger partial charge in [-0.1, -0.05) is 19.1 Å². The van der Waals surface area contributed by atoms with Gasteiger partial charge in [0.1, 0.15) is 17.1 Å². The number of hydrogen-bond donors (Lipinski definition) is 1. The maximum absolute atomic E-state index is 12.5. The van der Waals surface area contributed by atoms with E-state index in [-0.39, 0.29) is 11.5 Å². The Morgan fingerprint density at radius 2 is 1.84 bits per heavy atom. The van der Waals surface area contributed by atoms with Crippen molar-refractivity contribution in [2.45, 2.75) is 38.2 Å². The van der Waals surface area contributed by atoms with Gasteiger partial charge >= 0.3 is 6.09 Å². The molecule has 3 aromatic heterocycles. The average Bonchev–Trinajstić information content (AvgIpc) is 3.41. The summed E-state index contributed by atoms with van der Waals surface area (Å²) in [6.45, 7) is 3.72. The van der Waals surface area contributed by atoms with Gasteiger partial charge in [-0.2, -0.15) is 0 Å². The highest BCUT2D eigenvalue weighted by molar-refractivity contribution is 7.14. The molecule has 0 atom stereocenters. The number of amides is 1. The predicted octanol–water partition coefficient (Wildman–Crippen LogP) is 4.99. The number of carbonyl (C=O) groups is 1. The Bertz CT molecular complexity index is 1050. The second kappa shape index (κ2) is 7.92. The van der Waals surface area contributed by atoms with E-state index in [1.165, 1.54) is 0 Å². The third-order valence-electron chi connectivity index (χ3n) is 6.36. The molecule has 0 unspecified atom stereocenters. The number of carbonyl (C=O) groups excluding carboxylic acids is 1. The highest BCUT2D eigenvalue weighted by atomic mass is 32.1. The molecule has 0 bridgehead atoms. The molecular formula is C23H25N5O2S. The van der Waals surface area contributed by atoms with Crippen LogP contribution in [0.2, 0.25) is 0 Å². The van der Waals surface area contributed by atoms with Gasteiger partial charge in [0.2, 0.25) is 0 Å². The van der Waals surface area contributed by atoms with Crippen molar-refractivity contribution in [1.82, 2.24) is 15.0 Å². The lowest BCUT2D eigenvalue weighted by molar-refractivity contribution is -0.00435. The Hall–Kier alpha value is -3.00. The zero-order chi connectivity index (χ0) is 21.3. The molecule has 1 N–H and O–H groups in total. The molecule has 5 rings (SSSR count). The van der Waals surface area contributed by atoms with Crippen LogP contribution in [-0.4, -0.2) is 39.7 Å². The number of nitrogens with one attached hydrogen (secondary N) is 1. The Morgan fingerprint density at radius 3 is 2.55 bits per heavy atom. The summed E-state index contributed by atoms with van der Waals surface area (Å²) in [7, 11) is 0. The van der Waals surface area contributed by atoms with Crippen LogP contribution < -0.4 is 10.2 Å². The largest absolute Gasteiger partial charge is 0.441 e. The molecule has 2 fully saturated rings. The number of aromatic nitrogens is 3. The first-order valence-corrected chi connectivity index (χ1v) is 11.4. The zero-order valence-electron chi connectivity index (χ0n) is 17.5. The highest BCUT2D eigenvalue weighted by Gasteiger charge is 2.50. The van der Waals surface area contributed by atoms with Crippen LogP contribution in [-0.2, 0) is 4.74 Å². The fourth-order valence-corrected chi connectivity index (χ4v) is 5.04. The van der Waals surface area contributed by atoms with Gasteiger partial charge in [-0.3, -0.25) is 9.88 Å². The van der Waals surface area contributed by atoms with Gasteiger partial charge in [-0.15, -0.1) is 11.3 Å². The van der Waals surface area contributed by atoms with Crippen LogP contribution in [0.1, 0.15) is 32.6 Å². The Labute approximate surface area is 185 Å². The number of anilines is 2. The first-order valence-electron chi connectivity index (χ1n) is 10.6. The van der Waals surface area contributed by atoms with Crippen molar-refractivity contribution >= 4 is 28.4 Å². The third kappa shape index (κ3) is 4.12. The van der Waals surface area contributed by atoms with Crippen LogP contribution in [0, 0.1) is 5.41 Å². The molecule has 4 heterocycles. The van der Waals surface area contributed by atoms with E-state index in [1.54, 1.807) is 28.6 Å². The normalized spacial score (nSPS) is 25.6. The van der Waals surface area contributed by atoms with E-state index in [0.717, 1.165) is 48.7 Å². The van der Waals surface area contributed by atoms with Gasteiger partial charge < -0.3 is 10.1 Å². The molecule has 2 aliphatic rings. The highest BCUT2D eigenvalue weighted by Crippen LogP contribution is 2.45. The van der Waals surface area contributed by atoms with E-state index in [1.807, 2.05) is 41.8 Å². The van der Waals surface area contributed by atoms with E-state index in [2.05, 4.69) is 27.2 Å². The minimum absolute atomic E-state index is 0.132. The van der Waals surface area contributed by atoms with E-state index >= 15 is 0 Å². The molecule has 1 spiro atoms. The summed E-state index contributed by atoms with van der Waals surface area (Å²) in [5, 5.41) is 6.47. The molecule has 8 heteroatoms. The van der Waals surface area contributed by atoms with Crippen LogP contribution in [0.4, 0.5) is 15.7 Å². The summed E-state index contributed by atoms with van der Waals surface area (Å²) in [4.78, 5) is 27.5. The Kier molecular flexibility index (Phi) is 5.09. The van der Waals surface area contributed by atoms with Gasteiger partial charge in [-0.05, 0) is 55.4 Å². The molecule has 31 heavy (non-hydrogen) atoms. The van der Waals surface area contributed by atoms with Crippen LogP contribution in [0.25, 0.3) is 11.4 Å². The molecule has 1 amide bonds. The van der Waals surface area contributed by atoms with Crippen molar-refractivity contribution in [3.05, 3.63) is 54.2 Å². The second-order valence-electron chi connectivity index (χ2n) is 8.74. The molecule has 1 saturated carbocycles. The molecule has 7 nitrogen and oxygen atoms in total. The summed E-state index contributed by atoms with van der Waals surface area (Å²) >= 11 is 1.60. The minimum atomic E-state index is -0.401. The second-order valence-corrected chi connectivity index (χ2v) is 9.60. The van der Waals surface area contributed by atoms with E-state index in [9.17, 15) is 4.79 Å². The van der Waals surface area contributed by atoms with Gasteiger partial charge in [0, 0.05) is 24.3 Å². The standard InChI is InChI=1S/C23H25N5O2S/c1-22(15-26-20-27-18(14-31-20)17-6-2-4-12-24-17)8-10-23(11-9-22)16-28(21(29)30-23)19-7-3-5-13-25-19/h2-7,12-14H,8-11,15-16H2,1H3,(H,26,27)/t22-,23+. The first kappa shape index (κ1) is 19.9. The third-order valence-corrected chi connectivity index (χ3v) is 7.16. The quantitative estimate of drug-likeness (QED) is 0.608. The number of ether oxygens (including phenoxy) is 1. The van der Waals surface area contributed by atoms with Crippen molar-refractivity contribution in [2.24, 2.45) is 5.41 Å². The molecule has 1 aliphatic carbocycles. The molecule has 1 saturated heterocycles. The molecule has 1 aliphatic heterocycles. The smallest absolute Gasteiger partial charge is 0.416 e. The van der Waals surface area contributed by atoms with E-state index < -0.39 is 5.60 Å². The van der Waals surface area contributed by atoms with Gasteiger partial charge in [0.05, 0.1) is 12.2 Å². The first-order chi connectivity index (χ1) is 15.0. The van der Waals surface area contributed by atoms with Crippen molar-refractivity contribution < 1.29 is 9.53 Å². The number of nitrogens with zero attached hydrogens (tertiary/aromatic N) is 4. The van der Waals surface area contributed by atoms with Gasteiger partial charge in [-0.25, -0.2) is 14.8 Å². The van der Waals surface area contributed by atoms with Crippen LogP contribution >= 0.6 is 11.3 Å². The monoisotopic (exact) mass is 435 g/mol. The Morgan fingerprint density at radius 1 is 1.06 bits per heavy atom. The SMILES string of the molecule is C[C@]1(CNc2nc(-c3ccccn3)cs2)CC[C@@]2(CC1)CN(c1ccccn1)C(=O)O2. The summed E-state index contributed by atoms with van der Waals surface area (Å²) in [6, 6.07) is 11.4. The van der Waals surface area contributed by atoms with Crippen molar-refractivity contribution in [1.29, 1.82) is 0 Å². The maximum atomic E-state index is 12.5. The minimum Gasteiger partial charge on any atom is -0.441 e. The molecule has 160 valence electrons. The number of pyridine rings is 2. The maximum Gasteiger partial charge on any atom is 0.416 e. The number of hydrogen-bond acceptors (Lipinski definition) is 7. The summed E-state index contributed by atoms with van der Waals surface area (Å²) in [6.07, 6.45) is 6.89. The molecular weight excluding hydrogens is 410 g/mol. The number of thiazole rings is 1. The van der Waals surface area contributed by atoms with Gasteiger partial charge in [0.15, 0.2) is 5.13 Å². The lowest BCUT2D eigenvalue weighted by atomic mass is 9.69. The zero-order valence-corrected chi connectivity index (χ0v) is 18.3. The predicted molar refractivity (Wildman–Crippen MR) is 121 cm³/mol. The summed E-state index contributed by atoms with van der Waals surface area (Å²) in [5.41, 5.74) is 1.51. The van der Waals surface area contributed by atoms with Crippen molar-refractivity contribution in [3.63, 3.8) is 0 Å². The van der Waals surface area contributed by atoms with Crippen LogP contribution in [0.15, 0.2) is 54.2 Å². The molecule has 0 radical (unpaired) electrons. The summed E-state index contributed by atoms with van der Waals surface area (Å²) < 4.78 is 5.87. The molecule has 0 aromatic carbocycles. The van der Waals surface area contributed by atoms with Crippen molar-refractivity contribution in [2.75, 3.05) is 23.3 Å². The topological polar surface area (TPSA) is 80.2 Å².